The lowest BCUT2D eigenvalue weighted by molar-refractivity contribution is -0.142. The fourth-order valence-corrected chi connectivity index (χ4v) is 5.74. The minimum absolute atomic E-state index is 0.109. The molecule has 0 unspecified atom stereocenters. The van der Waals surface area contributed by atoms with Crippen molar-refractivity contribution in [3.63, 3.8) is 0 Å². The summed E-state index contributed by atoms with van der Waals surface area (Å²) in [5.41, 5.74) is 5.14. The van der Waals surface area contributed by atoms with Crippen molar-refractivity contribution in [1.29, 1.82) is 0 Å². The first-order valence-corrected chi connectivity index (χ1v) is 13.6. The summed E-state index contributed by atoms with van der Waals surface area (Å²) in [4.78, 5) is 34.3. The van der Waals surface area contributed by atoms with Gasteiger partial charge < -0.3 is 19.8 Å². The lowest BCUT2D eigenvalue weighted by Crippen LogP contribution is -2.49. The van der Waals surface area contributed by atoms with Gasteiger partial charge in [-0.1, -0.05) is 50.2 Å². The van der Waals surface area contributed by atoms with Gasteiger partial charge in [0.25, 0.3) is 0 Å². The number of hydrogen-bond donors (Lipinski definition) is 2. The number of hydrogen-bond acceptors (Lipinski definition) is 7. The second kappa shape index (κ2) is 10.8. The molecule has 1 aliphatic heterocycles. The van der Waals surface area contributed by atoms with E-state index in [0.29, 0.717) is 11.5 Å². The van der Waals surface area contributed by atoms with E-state index < -0.39 is 23.5 Å². The molecule has 198 valence electrons. The molecule has 0 bridgehead atoms. The quantitative estimate of drug-likeness (QED) is 0.439. The number of amides is 2. The average molecular weight is 525 g/mol. The zero-order valence-corrected chi connectivity index (χ0v) is 23.1. The normalized spacial score (nSPS) is 19.6. The Morgan fingerprint density at radius 2 is 1.97 bits per heavy atom. The zero-order chi connectivity index (χ0) is 26.9. The van der Waals surface area contributed by atoms with Gasteiger partial charge in [0, 0.05) is 19.0 Å². The van der Waals surface area contributed by atoms with Gasteiger partial charge in [0.05, 0.1) is 33.9 Å². The number of carbonyl (C=O) groups is 2. The fraction of sp³-hybridized carbons (Fsp3) is 0.500. The van der Waals surface area contributed by atoms with Crippen LogP contribution in [0, 0.1) is 19.3 Å². The Hall–Kier alpha value is -3.04. The first-order valence-electron chi connectivity index (χ1n) is 12.7. The van der Waals surface area contributed by atoms with Crippen LogP contribution in [0.4, 0.5) is 0 Å². The van der Waals surface area contributed by atoms with Gasteiger partial charge in [0.1, 0.15) is 17.7 Å². The van der Waals surface area contributed by atoms with Crippen LogP contribution < -0.4 is 5.32 Å². The molecule has 4 rings (SSSR count). The molecule has 3 heterocycles. The van der Waals surface area contributed by atoms with Crippen molar-refractivity contribution in [2.75, 3.05) is 6.54 Å². The van der Waals surface area contributed by atoms with Crippen LogP contribution in [0.2, 0.25) is 0 Å². The van der Waals surface area contributed by atoms with Crippen LogP contribution >= 0.6 is 11.3 Å². The SMILES string of the molecule is CCC(C)(C)[C@H](C(=O)N1C[C@H](O)C[C@H]1C(=O)N[C@@H](C)c1ccc(-c2scnc2C)cc1)c1cc(C)no1. The van der Waals surface area contributed by atoms with E-state index >= 15 is 0 Å². The summed E-state index contributed by atoms with van der Waals surface area (Å²) in [6.45, 7) is 11.9. The van der Waals surface area contributed by atoms with E-state index in [2.05, 4.69) is 15.5 Å². The molecule has 4 atom stereocenters. The molecular formula is C28H36N4O4S. The standard InChI is InChI=1S/C28H36N4O4S/c1-7-28(5,6)24(23-12-16(2)31-36-23)27(35)32-14-21(33)13-22(32)26(34)30-17(3)19-8-10-20(11-9-19)25-18(4)29-15-37-25/h8-12,15,17,21-22,24,33H,7,13-14H2,1-6H3,(H,30,34)/t17-,21+,22-,24-/m0/s1. The molecular weight excluding hydrogens is 488 g/mol. The maximum absolute atomic E-state index is 13.9. The number of benzene rings is 1. The number of nitrogens with one attached hydrogen (secondary N) is 1. The number of thiazole rings is 1. The average Bonchev–Trinajstić information content (AvgIpc) is 3.59. The van der Waals surface area contributed by atoms with Crippen molar-refractivity contribution >= 4 is 23.2 Å². The largest absolute Gasteiger partial charge is 0.391 e. The minimum Gasteiger partial charge on any atom is -0.391 e. The molecule has 1 aromatic carbocycles. The second-order valence-corrected chi connectivity index (χ2v) is 11.5. The first kappa shape index (κ1) is 27.0. The van der Waals surface area contributed by atoms with Crippen molar-refractivity contribution < 1.29 is 19.2 Å². The topological polar surface area (TPSA) is 109 Å². The molecule has 37 heavy (non-hydrogen) atoms. The molecule has 0 saturated carbocycles. The summed E-state index contributed by atoms with van der Waals surface area (Å²) < 4.78 is 5.52. The van der Waals surface area contributed by atoms with Crippen molar-refractivity contribution in [2.45, 2.75) is 78.5 Å². The Labute approximate surface area is 222 Å². The van der Waals surface area contributed by atoms with Crippen molar-refractivity contribution in [2.24, 2.45) is 5.41 Å². The van der Waals surface area contributed by atoms with Crippen LogP contribution in [0.3, 0.4) is 0 Å². The predicted molar refractivity (Wildman–Crippen MR) is 143 cm³/mol. The van der Waals surface area contributed by atoms with Crippen LogP contribution in [-0.4, -0.2) is 50.7 Å². The van der Waals surface area contributed by atoms with Crippen molar-refractivity contribution in [1.82, 2.24) is 20.4 Å². The Morgan fingerprint density at radius 3 is 2.54 bits per heavy atom. The second-order valence-electron chi connectivity index (χ2n) is 10.7. The molecule has 1 saturated heterocycles. The molecule has 0 aliphatic carbocycles. The van der Waals surface area contributed by atoms with Gasteiger partial charge in [-0.2, -0.15) is 0 Å². The molecule has 9 heteroatoms. The fourth-order valence-electron chi connectivity index (χ4n) is 4.93. The van der Waals surface area contributed by atoms with Crippen LogP contribution in [-0.2, 0) is 9.59 Å². The van der Waals surface area contributed by atoms with Crippen LogP contribution in [0.5, 0.6) is 0 Å². The minimum atomic E-state index is -0.765. The molecule has 2 amide bonds. The summed E-state index contributed by atoms with van der Waals surface area (Å²) in [7, 11) is 0. The van der Waals surface area contributed by atoms with E-state index in [1.807, 2.05) is 71.3 Å². The van der Waals surface area contributed by atoms with Crippen LogP contribution in [0.1, 0.15) is 75.2 Å². The number of carbonyl (C=O) groups excluding carboxylic acids is 2. The monoisotopic (exact) mass is 524 g/mol. The number of rotatable bonds is 8. The Bertz CT molecular complexity index is 1250. The zero-order valence-electron chi connectivity index (χ0n) is 22.3. The Morgan fingerprint density at radius 1 is 1.27 bits per heavy atom. The molecule has 1 fully saturated rings. The third kappa shape index (κ3) is 5.62. The van der Waals surface area contributed by atoms with Crippen LogP contribution in [0.15, 0.2) is 40.4 Å². The maximum atomic E-state index is 13.9. The molecule has 2 aromatic heterocycles. The number of aromatic nitrogens is 2. The van der Waals surface area contributed by atoms with E-state index in [-0.39, 0.29) is 30.8 Å². The van der Waals surface area contributed by atoms with E-state index in [1.54, 1.807) is 17.4 Å². The number of aliphatic hydroxyl groups excluding tert-OH is 1. The third-order valence-corrected chi connectivity index (χ3v) is 8.49. The molecule has 0 spiro atoms. The lowest BCUT2D eigenvalue weighted by atomic mass is 9.74. The number of β-amino-alcohol motifs (C(OH)–C–C–N with tert-alkyl or cyclic N) is 1. The number of aryl methyl sites for hydroxylation is 2. The smallest absolute Gasteiger partial charge is 0.243 e. The number of likely N-dealkylation sites (tertiary alicyclic amines) is 1. The summed E-state index contributed by atoms with van der Waals surface area (Å²) in [6, 6.07) is 8.81. The predicted octanol–water partition coefficient (Wildman–Crippen LogP) is 4.77. The van der Waals surface area contributed by atoms with Crippen LogP contribution in [0.25, 0.3) is 10.4 Å². The Balaban J connectivity index is 1.51. The molecule has 8 nitrogen and oxygen atoms in total. The third-order valence-electron chi connectivity index (χ3n) is 7.51. The van der Waals surface area contributed by atoms with Gasteiger partial charge in [0.2, 0.25) is 11.8 Å². The van der Waals surface area contributed by atoms with Gasteiger partial charge in [-0.25, -0.2) is 4.98 Å². The summed E-state index contributed by atoms with van der Waals surface area (Å²) in [6.07, 6.45) is 0.159. The van der Waals surface area contributed by atoms with Gasteiger partial charge >= 0.3 is 0 Å². The molecule has 2 N–H and O–H groups in total. The Kier molecular flexibility index (Phi) is 7.85. The van der Waals surface area contributed by atoms with E-state index in [9.17, 15) is 14.7 Å². The van der Waals surface area contributed by atoms with E-state index in [1.165, 1.54) is 4.90 Å². The summed E-state index contributed by atoms with van der Waals surface area (Å²) in [5.74, 6) is -0.628. The summed E-state index contributed by atoms with van der Waals surface area (Å²) in [5, 5.41) is 17.5. The molecule has 3 aromatic rings. The van der Waals surface area contributed by atoms with Crippen molar-refractivity contribution in [3.8, 4) is 10.4 Å². The number of aliphatic hydroxyl groups is 1. The first-order chi connectivity index (χ1) is 17.5. The van der Waals surface area contributed by atoms with E-state index in [0.717, 1.165) is 28.1 Å². The maximum Gasteiger partial charge on any atom is 0.243 e. The van der Waals surface area contributed by atoms with E-state index in [4.69, 9.17) is 4.52 Å². The van der Waals surface area contributed by atoms with Crippen molar-refractivity contribution in [3.05, 3.63) is 58.6 Å². The highest BCUT2D eigenvalue weighted by Gasteiger charge is 2.46. The lowest BCUT2D eigenvalue weighted by Gasteiger charge is -2.35. The van der Waals surface area contributed by atoms with Gasteiger partial charge in [-0.3, -0.25) is 9.59 Å². The van der Waals surface area contributed by atoms with Gasteiger partial charge in [0.15, 0.2) is 0 Å². The van der Waals surface area contributed by atoms with Gasteiger partial charge in [-0.15, -0.1) is 11.3 Å². The summed E-state index contributed by atoms with van der Waals surface area (Å²) >= 11 is 1.60. The number of nitrogens with zero attached hydrogens (tertiary/aromatic N) is 3. The highest BCUT2D eigenvalue weighted by Crippen LogP contribution is 2.41. The van der Waals surface area contributed by atoms with Gasteiger partial charge in [-0.05, 0) is 43.7 Å². The molecule has 1 aliphatic rings. The highest BCUT2D eigenvalue weighted by atomic mass is 32.1. The highest BCUT2D eigenvalue weighted by molar-refractivity contribution is 7.13. The molecule has 0 radical (unpaired) electrons.